The van der Waals surface area contributed by atoms with Gasteiger partial charge in [0, 0.05) is 18.2 Å². The van der Waals surface area contributed by atoms with Gasteiger partial charge in [-0.15, -0.1) is 0 Å². The van der Waals surface area contributed by atoms with Crippen LogP contribution < -0.4 is 10.5 Å². The Hall–Kier alpha value is -1.39. The van der Waals surface area contributed by atoms with Crippen LogP contribution in [-0.2, 0) is 6.54 Å². The van der Waals surface area contributed by atoms with Crippen molar-refractivity contribution in [1.29, 1.82) is 0 Å². The normalized spacial score (nSPS) is 10.4. The molecule has 0 amide bonds. The van der Waals surface area contributed by atoms with Gasteiger partial charge in [-0.25, -0.2) is 4.39 Å². The Labute approximate surface area is 114 Å². The van der Waals surface area contributed by atoms with Crippen LogP contribution in [0.5, 0.6) is 11.5 Å². The highest BCUT2D eigenvalue weighted by Crippen LogP contribution is 2.30. The lowest BCUT2D eigenvalue weighted by Crippen LogP contribution is -2.01. The van der Waals surface area contributed by atoms with E-state index in [2.05, 4.69) is 15.9 Å². The number of aryl methyl sites for hydroxylation is 1. The molecule has 0 saturated heterocycles. The fourth-order valence-electron chi connectivity index (χ4n) is 1.68. The number of halogens is 2. The summed E-state index contributed by atoms with van der Waals surface area (Å²) in [7, 11) is 0. The molecule has 18 heavy (non-hydrogen) atoms. The summed E-state index contributed by atoms with van der Waals surface area (Å²) in [6.45, 7) is 2.32. The first-order valence-corrected chi connectivity index (χ1v) is 6.32. The van der Waals surface area contributed by atoms with Crippen molar-refractivity contribution in [2.45, 2.75) is 13.5 Å². The molecule has 2 aromatic rings. The summed E-state index contributed by atoms with van der Waals surface area (Å²) in [4.78, 5) is 0. The first-order chi connectivity index (χ1) is 8.61. The van der Waals surface area contributed by atoms with Crippen molar-refractivity contribution in [1.82, 2.24) is 0 Å². The molecule has 0 aliphatic rings. The number of nitrogens with two attached hydrogens (primary N) is 1. The number of hydrogen-bond acceptors (Lipinski definition) is 2. The Kier molecular flexibility index (Phi) is 3.99. The van der Waals surface area contributed by atoms with Gasteiger partial charge in [0.05, 0.1) is 4.47 Å². The molecular weight excluding hydrogens is 297 g/mol. The summed E-state index contributed by atoms with van der Waals surface area (Å²) in [5.41, 5.74) is 7.54. The lowest BCUT2D eigenvalue weighted by atomic mass is 10.1. The largest absolute Gasteiger partial charge is 0.457 e. The smallest absolute Gasteiger partial charge is 0.141 e. The van der Waals surface area contributed by atoms with E-state index in [-0.39, 0.29) is 5.82 Å². The molecule has 0 aliphatic carbocycles. The Morgan fingerprint density at radius 1 is 1.28 bits per heavy atom. The second-order valence-corrected chi connectivity index (χ2v) is 4.80. The molecule has 2 aromatic carbocycles. The van der Waals surface area contributed by atoms with Crippen LogP contribution >= 0.6 is 15.9 Å². The molecule has 2 rings (SSSR count). The maximum atomic E-state index is 13.4. The molecule has 4 heteroatoms. The van der Waals surface area contributed by atoms with E-state index in [0.29, 0.717) is 22.5 Å². The standard InChI is InChI=1S/C14H13BrFNO/c1-9-3-2-4-10(8-17)14(9)18-11-5-6-12(15)13(16)7-11/h2-7H,8,17H2,1H3. The number of ether oxygens (including phenoxy) is 1. The lowest BCUT2D eigenvalue weighted by Gasteiger charge is -2.13. The summed E-state index contributed by atoms with van der Waals surface area (Å²) < 4.78 is 19.6. The summed E-state index contributed by atoms with van der Waals surface area (Å²) in [6, 6.07) is 10.4. The van der Waals surface area contributed by atoms with Gasteiger partial charge in [-0.1, -0.05) is 18.2 Å². The van der Waals surface area contributed by atoms with E-state index in [4.69, 9.17) is 10.5 Å². The Balaban J connectivity index is 2.36. The molecule has 0 heterocycles. The molecule has 0 bridgehead atoms. The Morgan fingerprint density at radius 2 is 2.06 bits per heavy atom. The molecule has 0 aromatic heterocycles. The second kappa shape index (κ2) is 5.50. The first kappa shape index (κ1) is 13.1. The van der Waals surface area contributed by atoms with E-state index >= 15 is 0 Å². The molecule has 2 N–H and O–H groups in total. The maximum Gasteiger partial charge on any atom is 0.141 e. The molecule has 0 radical (unpaired) electrons. The van der Waals surface area contributed by atoms with Crippen LogP contribution in [0.1, 0.15) is 11.1 Å². The summed E-state index contributed by atoms with van der Waals surface area (Å²) in [5.74, 6) is 0.803. The topological polar surface area (TPSA) is 35.2 Å². The predicted octanol–water partition coefficient (Wildman–Crippen LogP) is 4.15. The summed E-state index contributed by atoms with van der Waals surface area (Å²) in [5, 5.41) is 0. The van der Waals surface area contributed by atoms with Crippen molar-refractivity contribution in [2.24, 2.45) is 5.73 Å². The highest BCUT2D eigenvalue weighted by atomic mass is 79.9. The fraction of sp³-hybridized carbons (Fsp3) is 0.143. The average molecular weight is 310 g/mol. The van der Waals surface area contributed by atoms with Gasteiger partial charge in [-0.3, -0.25) is 0 Å². The van der Waals surface area contributed by atoms with E-state index in [1.807, 2.05) is 25.1 Å². The van der Waals surface area contributed by atoms with Crippen LogP contribution in [0.15, 0.2) is 40.9 Å². The van der Waals surface area contributed by atoms with Crippen LogP contribution in [0.2, 0.25) is 0 Å². The minimum atomic E-state index is -0.351. The molecule has 0 aliphatic heterocycles. The average Bonchev–Trinajstić information content (AvgIpc) is 2.36. The van der Waals surface area contributed by atoms with Gasteiger partial charge in [0.1, 0.15) is 17.3 Å². The number of benzene rings is 2. The lowest BCUT2D eigenvalue weighted by molar-refractivity contribution is 0.467. The van der Waals surface area contributed by atoms with E-state index in [9.17, 15) is 4.39 Å². The molecule has 94 valence electrons. The van der Waals surface area contributed by atoms with Crippen molar-refractivity contribution >= 4 is 15.9 Å². The Bertz CT molecular complexity index is 572. The van der Waals surface area contributed by atoms with Crippen molar-refractivity contribution in [3.05, 3.63) is 57.8 Å². The fourth-order valence-corrected chi connectivity index (χ4v) is 1.92. The second-order valence-electron chi connectivity index (χ2n) is 3.95. The Morgan fingerprint density at radius 3 is 2.72 bits per heavy atom. The highest BCUT2D eigenvalue weighted by molar-refractivity contribution is 9.10. The van der Waals surface area contributed by atoms with Gasteiger partial charge in [0.15, 0.2) is 0 Å². The quantitative estimate of drug-likeness (QED) is 0.924. The first-order valence-electron chi connectivity index (χ1n) is 5.53. The van der Waals surface area contributed by atoms with Gasteiger partial charge >= 0.3 is 0 Å². The monoisotopic (exact) mass is 309 g/mol. The van der Waals surface area contributed by atoms with Gasteiger partial charge < -0.3 is 10.5 Å². The maximum absolute atomic E-state index is 13.4. The van der Waals surface area contributed by atoms with Crippen molar-refractivity contribution in [2.75, 3.05) is 0 Å². The van der Waals surface area contributed by atoms with Crippen LogP contribution in [0, 0.1) is 12.7 Å². The highest BCUT2D eigenvalue weighted by Gasteiger charge is 2.08. The van der Waals surface area contributed by atoms with Crippen molar-refractivity contribution in [3.63, 3.8) is 0 Å². The zero-order valence-corrected chi connectivity index (χ0v) is 11.5. The minimum absolute atomic E-state index is 0.351. The molecule has 2 nitrogen and oxygen atoms in total. The van der Waals surface area contributed by atoms with E-state index in [1.54, 1.807) is 12.1 Å². The molecule has 0 spiro atoms. The van der Waals surface area contributed by atoms with Crippen LogP contribution in [0.25, 0.3) is 0 Å². The number of hydrogen-bond donors (Lipinski definition) is 1. The van der Waals surface area contributed by atoms with Crippen LogP contribution in [0.4, 0.5) is 4.39 Å². The molecular formula is C14H13BrFNO. The van der Waals surface area contributed by atoms with Crippen LogP contribution in [0.3, 0.4) is 0 Å². The zero-order chi connectivity index (χ0) is 13.1. The third-order valence-corrected chi connectivity index (χ3v) is 3.27. The van der Waals surface area contributed by atoms with E-state index in [1.165, 1.54) is 6.07 Å². The molecule has 0 saturated carbocycles. The van der Waals surface area contributed by atoms with Gasteiger partial charge in [0.2, 0.25) is 0 Å². The minimum Gasteiger partial charge on any atom is -0.457 e. The van der Waals surface area contributed by atoms with Gasteiger partial charge in [-0.2, -0.15) is 0 Å². The third kappa shape index (κ3) is 2.71. The molecule has 0 fully saturated rings. The van der Waals surface area contributed by atoms with E-state index in [0.717, 1.165) is 11.1 Å². The summed E-state index contributed by atoms with van der Waals surface area (Å²) >= 11 is 3.11. The van der Waals surface area contributed by atoms with Crippen LogP contribution in [-0.4, -0.2) is 0 Å². The molecule has 0 atom stereocenters. The third-order valence-electron chi connectivity index (χ3n) is 2.62. The van der Waals surface area contributed by atoms with Gasteiger partial charge in [-0.05, 0) is 40.5 Å². The molecule has 0 unspecified atom stereocenters. The zero-order valence-electron chi connectivity index (χ0n) is 9.91. The summed E-state index contributed by atoms with van der Waals surface area (Å²) in [6.07, 6.45) is 0. The van der Waals surface area contributed by atoms with Crippen molar-refractivity contribution < 1.29 is 9.13 Å². The number of rotatable bonds is 3. The predicted molar refractivity (Wildman–Crippen MR) is 73.2 cm³/mol. The van der Waals surface area contributed by atoms with Crippen molar-refractivity contribution in [3.8, 4) is 11.5 Å². The number of para-hydroxylation sites is 1. The van der Waals surface area contributed by atoms with Gasteiger partial charge in [0.25, 0.3) is 0 Å². The SMILES string of the molecule is Cc1cccc(CN)c1Oc1ccc(Br)c(F)c1. The van der Waals surface area contributed by atoms with E-state index < -0.39 is 0 Å².